The maximum Gasteiger partial charge on any atom is 0.225 e. The fraction of sp³-hybridized carbons (Fsp3) is 0.529. The highest BCUT2D eigenvalue weighted by molar-refractivity contribution is 7.84. The summed E-state index contributed by atoms with van der Waals surface area (Å²) in [6.07, 6.45) is 1.84. The van der Waals surface area contributed by atoms with E-state index in [4.69, 9.17) is 4.74 Å². The third-order valence-corrected chi connectivity index (χ3v) is 4.96. The molecule has 0 spiro atoms. The molecule has 1 N–H and O–H groups in total. The van der Waals surface area contributed by atoms with Crippen molar-refractivity contribution in [1.82, 2.24) is 10.2 Å². The van der Waals surface area contributed by atoms with Gasteiger partial charge in [0.25, 0.3) is 0 Å². The average molecular weight is 352 g/mol. The summed E-state index contributed by atoms with van der Waals surface area (Å²) in [7, 11) is 0.649. The number of methoxy groups -OCH3 is 1. The van der Waals surface area contributed by atoms with Gasteiger partial charge in [-0.1, -0.05) is 12.1 Å². The van der Waals surface area contributed by atoms with Gasteiger partial charge in [-0.25, -0.2) is 0 Å². The number of hydrogen-bond donors (Lipinski definition) is 1. The van der Waals surface area contributed by atoms with Crippen LogP contribution in [0.2, 0.25) is 0 Å². The van der Waals surface area contributed by atoms with Gasteiger partial charge in [-0.05, 0) is 24.6 Å². The molecule has 2 rings (SSSR count). The van der Waals surface area contributed by atoms with Crippen molar-refractivity contribution >= 4 is 22.6 Å². The average Bonchev–Trinajstić information content (AvgIpc) is 2.88. The van der Waals surface area contributed by atoms with Crippen LogP contribution < -0.4 is 10.1 Å². The lowest BCUT2D eigenvalue weighted by atomic mass is 10.1. The van der Waals surface area contributed by atoms with Gasteiger partial charge in [0.1, 0.15) is 5.75 Å². The van der Waals surface area contributed by atoms with Crippen molar-refractivity contribution in [3.63, 3.8) is 0 Å². The number of amides is 2. The van der Waals surface area contributed by atoms with Gasteiger partial charge in [-0.2, -0.15) is 0 Å². The van der Waals surface area contributed by atoms with Crippen LogP contribution in [0.15, 0.2) is 24.3 Å². The highest BCUT2D eigenvalue weighted by atomic mass is 32.2. The van der Waals surface area contributed by atoms with Gasteiger partial charge in [-0.3, -0.25) is 13.8 Å². The Hall–Kier alpha value is -1.89. The monoisotopic (exact) mass is 352 g/mol. The predicted octanol–water partition coefficient (Wildman–Crippen LogP) is 0.927. The van der Waals surface area contributed by atoms with Crippen LogP contribution >= 0.6 is 0 Å². The Morgan fingerprint density at radius 2 is 2.08 bits per heavy atom. The van der Waals surface area contributed by atoms with E-state index < -0.39 is 10.8 Å². The van der Waals surface area contributed by atoms with Crippen molar-refractivity contribution in [3.8, 4) is 5.75 Å². The van der Waals surface area contributed by atoms with Crippen LogP contribution in [0.4, 0.5) is 0 Å². The van der Waals surface area contributed by atoms with Crippen molar-refractivity contribution in [1.29, 1.82) is 0 Å². The fourth-order valence-electron chi connectivity index (χ4n) is 2.81. The molecule has 1 aromatic rings. The minimum Gasteiger partial charge on any atom is -0.497 e. The molecule has 0 radical (unpaired) electrons. The summed E-state index contributed by atoms with van der Waals surface area (Å²) in [5.74, 6) is 0.688. The minimum atomic E-state index is -0.959. The Morgan fingerprint density at radius 1 is 1.42 bits per heavy atom. The number of hydrogen-bond acceptors (Lipinski definition) is 4. The first kappa shape index (κ1) is 18.4. The SMILES string of the molecule is COc1ccc(CN2C[C@H](C(=O)N[C@H](C)C[S@@](C)=O)CC2=O)cc1. The topological polar surface area (TPSA) is 75.7 Å². The van der Waals surface area contributed by atoms with E-state index in [1.54, 1.807) is 18.3 Å². The molecule has 7 heteroatoms. The standard InChI is InChI=1S/C17H24N2O4S/c1-12(11-24(3)22)18-17(21)14-8-16(20)19(10-14)9-13-4-6-15(23-2)7-5-13/h4-7,12,14H,8-11H2,1-3H3,(H,18,21)/t12-,14-,24-/m1/s1. The molecule has 2 amide bonds. The van der Waals surface area contributed by atoms with Crippen LogP contribution in [0, 0.1) is 5.92 Å². The second kappa shape index (κ2) is 8.28. The summed E-state index contributed by atoms with van der Waals surface area (Å²) >= 11 is 0. The van der Waals surface area contributed by atoms with Gasteiger partial charge in [0.15, 0.2) is 0 Å². The van der Waals surface area contributed by atoms with E-state index in [2.05, 4.69) is 5.32 Å². The van der Waals surface area contributed by atoms with Crippen LogP contribution in [-0.2, 0) is 26.9 Å². The van der Waals surface area contributed by atoms with Crippen molar-refractivity contribution in [3.05, 3.63) is 29.8 Å². The van der Waals surface area contributed by atoms with Crippen LogP contribution in [0.25, 0.3) is 0 Å². The molecule has 6 nitrogen and oxygen atoms in total. The molecule has 132 valence electrons. The highest BCUT2D eigenvalue weighted by Crippen LogP contribution is 2.21. The lowest BCUT2D eigenvalue weighted by Gasteiger charge is -2.18. The van der Waals surface area contributed by atoms with Crippen LogP contribution in [0.5, 0.6) is 5.75 Å². The van der Waals surface area contributed by atoms with Crippen LogP contribution in [0.3, 0.4) is 0 Å². The first-order valence-corrected chi connectivity index (χ1v) is 9.63. The Balaban J connectivity index is 1.90. The second-order valence-electron chi connectivity index (χ2n) is 6.17. The Morgan fingerprint density at radius 3 is 2.67 bits per heavy atom. The Labute approximate surface area is 145 Å². The molecule has 0 bridgehead atoms. The number of rotatable bonds is 7. The Kier molecular flexibility index (Phi) is 6.36. The number of nitrogens with zero attached hydrogens (tertiary/aromatic N) is 1. The van der Waals surface area contributed by atoms with Gasteiger partial charge in [0.2, 0.25) is 11.8 Å². The third-order valence-electron chi connectivity index (χ3n) is 3.99. The number of nitrogens with one attached hydrogen (secondary N) is 1. The Bertz CT molecular complexity index is 618. The maximum absolute atomic E-state index is 12.3. The zero-order chi connectivity index (χ0) is 17.7. The lowest BCUT2D eigenvalue weighted by molar-refractivity contribution is -0.129. The van der Waals surface area contributed by atoms with E-state index in [0.717, 1.165) is 11.3 Å². The van der Waals surface area contributed by atoms with E-state index in [-0.39, 0.29) is 30.2 Å². The van der Waals surface area contributed by atoms with Crippen molar-refractivity contribution in [2.75, 3.05) is 25.7 Å². The summed E-state index contributed by atoms with van der Waals surface area (Å²) in [4.78, 5) is 26.1. The molecule has 1 saturated heterocycles. The van der Waals surface area contributed by atoms with E-state index in [1.807, 2.05) is 31.2 Å². The summed E-state index contributed by atoms with van der Waals surface area (Å²) < 4.78 is 16.3. The zero-order valence-corrected chi connectivity index (χ0v) is 15.1. The number of benzene rings is 1. The first-order chi connectivity index (χ1) is 11.4. The molecule has 1 aliphatic heterocycles. The highest BCUT2D eigenvalue weighted by Gasteiger charge is 2.34. The number of carbonyl (C=O) groups is 2. The summed E-state index contributed by atoms with van der Waals surface area (Å²) in [6, 6.07) is 7.38. The van der Waals surface area contributed by atoms with Gasteiger partial charge in [0.05, 0.1) is 13.0 Å². The van der Waals surface area contributed by atoms with E-state index >= 15 is 0 Å². The molecular weight excluding hydrogens is 328 g/mol. The predicted molar refractivity (Wildman–Crippen MR) is 93.1 cm³/mol. The van der Waals surface area contributed by atoms with Gasteiger partial charge in [-0.15, -0.1) is 0 Å². The molecule has 1 aliphatic rings. The summed E-state index contributed by atoms with van der Waals surface area (Å²) in [6.45, 7) is 2.73. The van der Waals surface area contributed by atoms with E-state index in [1.165, 1.54) is 0 Å². The summed E-state index contributed by atoms with van der Waals surface area (Å²) in [5.41, 5.74) is 1.000. The molecule has 0 aliphatic carbocycles. The molecule has 0 aromatic heterocycles. The lowest BCUT2D eigenvalue weighted by Crippen LogP contribution is -2.40. The zero-order valence-electron chi connectivity index (χ0n) is 14.3. The van der Waals surface area contributed by atoms with E-state index in [9.17, 15) is 13.8 Å². The molecule has 3 atom stereocenters. The molecule has 0 saturated carbocycles. The van der Waals surface area contributed by atoms with Crippen LogP contribution in [0.1, 0.15) is 18.9 Å². The smallest absolute Gasteiger partial charge is 0.225 e. The molecule has 1 fully saturated rings. The van der Waals surface area contributed by atoms with Gasteiger partial charge < -0.3 is 15.0 Å². The largest absolute Gasteiger partial charge is 0.497 e. The van der Waals surface area contributed by atoms with E-state index in [0.29, 0.717) is 18.8 Å². The van der Waals surface area contributed by atoms with Crippen molar-refractivity contribution < 1.29 is 18.5 Å². The number of carbonyl (C=O) groups excluding carboxylic acids is 2. The number of likely N-dealkylation sites (tertiary alicyclic amines) is 1. The van der Waals surface area contributed by atoms with Gasteiger partial charge in [0, 0.05) is 48.4 Å². The first-order valence-electron chi connectivity index (χ1n) is 7.90. The minimum absolute atomic E-state index is 0.0160. The molecule has 1 aromatic carbocycles. The maximum atomic E-state index is 12.3. The molecule has 24 heavy (non-hydrogen) atoms. The summed E-state index contributed by atoms with van der Waals surface area (Å²) in [5, 5.41) is 2.85. The molecule has 0 unspecified atom stereocenters. The normalized spacial score (nSPS) is 19.9. The quantitative estimate of drug-likeness (QED) is 0.792. The van der Waals surface area contributed by atoms with Crippen molar-refractivity contribution in [2.45, 2.75) is 25.9 Å². The van der Waals surface area contributed by atoms with Crippen LogP contribution in [-0.4, -0.2) is 52.6 Å². The molecule has 1 heterocycles. The number of ether oxygens (including phenoxy) is 1. The van der Waals surface area contributed by atoms with Crippen molar-refractivity contribution in [2.24, 2.45) is 5.92 Å². The fourth-order valence-corrected chi connectivity index (χ4v) is 3.59. The second-order valence-corrected chi connectivity index (χ2v) is 7.65. The third kappa shape index (κ3) is 5.06. The van der Waals surface area contributed by atoms with Gasteiger partial charge >= 0.3 is 0 Å². The molecular formula is C17H24N2O4S.